The molecule has 2 aliphatic heterocycles. The maximum absolute atomic E-state index is 12.8. The third-order valence-corrected chi connectivity index (χ3v) is 6.83. The number of fused-ring (bicyclic) bond motifs is 5. The number of hydrogen-bond acceptors (Lipinski definition) is 5. The van der Waals surface area contributed by atoms with Crippen molar-refractivity contribution in [2.24, 2.45) is 28.7 Å². The van der Waals surface area contributed by atoms with Gasteiger partial charge >= 0.3 is 0 Å². The molecular formula is C22H33N5O4. The van der Waals surface area contributed by atoms with E-state index in [4.69, 9.17) is 4.74 Å². The first-order valence-electron chi connectivity index (χ1n) is 11.3. The number of allylic oxidation sites excluding steroid dienone is 2. The summed E-state index contributed by atoms with van der Waals surface area (Å²) in [5, 5.41) is 6.42. The van der Waals surface area contributed by atoms with Gasteiger partial charge in [0.2, 0.25) is 17.7 Å². The molecule has 9 heteroatoms. The van der Waals surface area contributed by atoms with Crippen LogP contribution in [0.15, 0.2) is 17.1 Å². The Labute approximate surface area is 183 Å². The van der Waals surface area contributed by atoms with Gasteiger partial charge in [0.1, 0.15) is 6.54 Å². The van der Waals surface area contributed by atoms with Gasteiger partial charge in [0, 0.05) is 40.3 Å². The molecule has 2 heterocycles. The van der Waals surface area contributed by atoms with Crippen LogP contribution in [-0.4, -0.2) is 86.5 Å². The fraction of sp³-hybridized carbons (Fsp3) is 0.727. The van der Waals surface area contributed by atoms with E-state index in [2.05, 4.69) is 27.8 Å². The Balaban J connectivity index is 1.31. The summed E-state index contributed by atoms with van der Waals surface area (Å²) in [6, 6.07) is 0. The number of likely N-dealkylation sites (N-methyl/N-ethyl adjacent to an activating group) is 1. The van der Waals surface area contributed by atoms with E-state index in [1.165, 1.54) is 9.80 Å². The number of guanidine groups is 1. The lowest BCUT2D eigenvalue weighted by Gasteiger charge is -2.24. The van der Waals surface area contributed by atoms with Gasteiger partial charge in [-0.15, -0.1) is 0 Å². The molecular weight excluding hydrogens is 398 g/mol. The fourth-order valence-corrected chi connectivity index (χ4v) is 5.11. The highest BCUT2D eigenvalue weighted by atomic mass is 16.5. The van der Waals surface area contributed by atoms with Crippen molar-refractivity contribution in [1.82, 2.24) is 20.4 Å². The third-order valence-electron chi connectivity index (χ3n) is 6.83. The van der Waals surface area contributed by atoms with Crippen LogP contribution in [-0.2, 0) is 19.1 Å². The van der Waals surface area contributed by atoms with Crippen LogP contribution in [0.1, 0.15) is 25.7 Å². The van der Waals surface area contributed by atoms with Gasteiger partial charge in [0.25, 0.3) is 0 Å². The highest BCUT2D eigenvalue weighted by Crippen LogP contribution is 2.52. The van der Waals surface area contributed by atoms with E-state index in [9.17, 15) is 14.4 Å². The van der Waals surface area contributed by atoms with Crippen molar-refractivity contribution in [1.29, 1.82) is 0 Å². The Hall–Kier alpha value is -2.42. The van der Waals surface area contributed by atoms with Gasteiger partial charge in [0.15, 0.2) is 5.96 Å². The standard InChI is InChI=1S/C22H33N5O4/c1-26(2)17(28)13-25-22(24-12-16-5-3-4-10-31-16)23-8-9-27-20(29)18-14-6-7-15(11-14)19(18)21(27)30/h6-7,14-16,18-19H,3-5,8-13H2,1-2H3,(H2,23,24,25). The van der Waals surface area contributed by atoms with Crippen LogP contribution in [0.3, 0.4) is 0 Å². The summed E-state index contributed by atoms with van der Waals surface area (Å²) in [5.41, 5.74) is 0. The zero-order valence-corrected chi connectivity index (χ0v) is 18.4. The molecule has 1 saturated carbocycles. The van der Waals surface area contributed by atoms with Crippen molar-refractivity contribution in [3.05, 3.63) is 12.2 Å². The van der Waals surface area contributed by atoms with E-state index >= 15 is 0 Å². The normalized spacial score (nSPS) is 31.9. The van der Waals surface area contributed by atoms with Crippen LogP contribution in [0.4, 0.5) is 0 Å². The SMILES string of the molecule is CN(C)C(=O)CN=C(NCCN1C(=O)C2C3C=CC(C3)C2C1=O)NCC1CCCCO1. The van der Waals surface area contributed by atoms with E-state index in [0.29, 0.717) is 25.6 Å². The quantitative estimate of drug-likeness (QED) is 0.254. The van der Waals surface area contributed by atoms with Gasteiger partial charge in [0.05, 0.1) is 17.9 Å². The molecule has 170 valence electrons. The largest absolute Gasteiger partial charge is 0.376 e. The highest BCUT2D eigenvalue weighted by Gasteiger charge is 2.58. The maximum Gasteiger partial charge on any atom is 0.243 e. The smallest absolute Gasteiger partial charge is 0.243 e. The molecule has 31 heavy (non-hydrogen) atoms. The second kappa shape index (κ2) is 9.38. The molecule has 2 saturated heterocycles. The second-order valence-corrected chi connectivity index (χ2v) is 9.08. The monoisotopic (exact) mass is 431 g/mol. The molecule has 0 aromatic rings. The van der Waals surface area contributed by atoms with Gasteiger partial charge in [-0.05, 0) is 37.5 Å². The molecule has 0 aromatic heterocycles. The number of carbonyl (C=O) groups is 3. The highest BCUT2D eigenvalue weighted by molar-refractivity contribution is 6.06. The van der Waals surface area contributed by atoms with Crippen LogP contribution < -0.4 is 10.6 Å². The molecule has 3 amide bonds. The molecule has 2 aliphatic carbocycles. The number of ether oxygens (including phenoxy) is 1. The summed E-state index contributed by atoms with van der Waals surface area (Å²) in [4.78, 5) is 44.8. The van der Waals surface area contributed by atoms with Gasteiger partial charge in [-0.3, -0.25) is 19.3 Å². The Morgan fingerprint density at radius 3 is 2.48 bits per heavy atom. The van der Waals surface area contributed by atoms with Gasteiger partial charge in [-0.1, -0.05) is 12.2 Å². The average molecular weight is 432 g/mol. The molecule has 9 nitrogen and oxygen atoms in total. The van der Waals surface area contributed by atoms with Gasteiger partial charge in [-0.2, -0.15) is 0 Å². The Morgan fingerprint density at radius 2 is 1.87 bits per heavy atom. The summed E-state index contributed by atoms with van der Waals surface area (Å²) in [7, 11) is 3.38. The fourth-order valence-electron chi connectivity index (χ4n) is 5.11. The molecule has 0 spiro atoms. The van der Waals surface area contributed by atoms with Crippen molar-refractivity contribution in [3.8, 4) is 0 Å². The number of aliphatic imine (C=N–C) groups is 1. The van der Waals surface area contributed by atoms with Gasteiger partial charge < -0.3 is 20.3 Å². The van der Waals surface area contributed by atoms with E-state index in [-0.39, 0.29) is 54.0 Å². The summed E-state index contributed by atoms with van der Waals surface area (Å²) >= 11 is 0. The number of nitrogens with zero attached hydrogens (tertiary/aromatic N) is 3. The summed E-state index contributed by atoms with van der Waals surface area (Å²) in [5.74, 6) is 0.398. The first-order valence-corrected chi connectivity index (χ1v) is 11.3. The number of amides is 3. The van der Waals surface area contributed by atoms with Crippen molar-refractivity contribution < 1.29 is 19.1 Å². The molecule has 3 fully saturated rings. The minimum atomic E-state index is -0.171. The minimum absolute atomic E-state index is 0.0224. The number of imide groups is 1. The topological polar surface area (TPSA) is 103 Å². The number of rotatable bonds is 7. The van der Waals surface area contributed by atoms with Crippen LogP contribution in [0.2, 0.25) is 0 Å². The second-order valence-electron chi connectivity index (χ2n) is 9.08. The van der Waals surface area contributed by atoms with Crippen LogP contribution in [0.5, 0.6) is 0 Å². The van der Waals surface area contributed by atoms with Gasteiger partial charge in [-0.25, -0.2) is 4.99 Å². The van der Waals surface area contributed by atoms with Crippen LogP contribution in [0, 0.1) is 23.7 Å². The average Bonchev–Trinajstić information content (AvgIpc) is 3.45. The molecule has 4 rings (SSSR count). The molecule has 4 aliphatic rings. The Morgan fingerprint density at radius 1 is 1.16 bits per heavy atom. The lowest BCUT2D eigenvalue weighted by Crippen LogP contribution is -2.46. The molecule has 0 aromatic carbocycles. The van der Waals surface area contributed by atoms with Crippen molar-refractivity contribution >= 4 is 23.7 Å². The van der Waals surface area contributed by atoms with E-state index in [0.717, 1.165) is 32.3 Å². The maximum atomic E-state index is 12.8. The van der Waals surface area contributed by atoms with Crippen molar-refractivity contribution in [2.45, 2.75) is 31.8 Å². The van der Waals surface area contributed by atoms with E-state index in [1.54, 1.807) is 14.1 Å². The number of nitrogens with one attached hydrogen (secondary N) is 2. The molecule has 5 atom stereocenters. The molecule has 0 radical (unpaired) electrons. The van der Waals surface area contributed by atoms with E-state index < -0.39 is 0 Å². The molecule has 2 bridgehead atoms. The predicted molar refractivity (Wildman–Crippen MR) is 115 cm³/mol. The number of likely N-dealkylation sites (tertiary alicyclic amines) is 1. The lowest BCUT2D eigenvalue weighted by molar-refractivity contribution is -0.140. The summed E-state index contributed by atoms with van der Waals surface area (Å²) < 4.78 is 5.75. The first-order chi connectivity index (χ1) is 15.0. The van der Waals surface area contributed by atoms with E-state index in [1.807, 2.05) is 0 Å². The number of carbonyl (C=O) groups excluding carboxylic acids is 3. The number of hydrogen-bond donors (Lipinski definition) is 2. The lowest BCUT2D eigenvalue weighted by atomic mass is 9.85. The Kier molecular flexibility index (Phi) is 6.60. The van der Waals surface area contributed by atoms with Crippen molar-refractivity contribution in [3.63, 3.8) is 0 Å². The third kappa shape index (κ3) is 4.61. The van der Waals surface area contributed by atoms with Crippen molar-refractivity contribution in [2.75, 3.05) is 46.9 Å². The molecule has 5 unspecified atom stereocenters. The first kappa shape index (κ1) is 21.8. The minimum Gasteiger partial charge on any atom is -0.376 e. The molecule has 2 N–H and O–H groups in total. The summed E-state index contributed by atoms with van der Waals surface area (Å²) in [6.07, 6.45) is 8.48. The van der Waals surface area contributed by atoms with Crippen LogP contribution >= 0.6 is 0 Å². The zero-order valence-electron chi connectivity index (χ0n) is 18.4. The predicted octanol–water partition coefficient (Wildman–Crippen LogP) is -0.0140. The zero-order chi connectivity index (χ0) is 22.0. The Bertz CT molecular complexity index is 744. The van der Waals surface area contributed by atoms with Crippen LogP contribution in [0.25, 0.3) is 0 Å². The summed E-state index contributed by atoms with van der Waals surface area (Å²) in [6.45, 7) is 2.07.